The summed E-state index contributed by atoms with van der Waals surface area (Å²) in [7, 11) is 1.80. The van der Waals surface area contributed by atoms with Gasteiger partial charge in [-0.1, -0.05) is 12.1 Å². The Hall–Kier alpha value is -3.00. The Morgan fingerprint density at radius 3 is 2.45 bits per heavy atom. The van der Waals surface area contributed by atoms with Gasteiger partial charge in [0.05, 0.1) is 6.54 Å². The first kappa shape index (κ1) is 20.7. The number of nitrogens with zero attached hydrogens (tertiary/aromatic N) is 2. The molecule has 8 heteroatoms. The molecule has 3 rings (SSSR count). The van der Waals surface area contributed by atoms with Crippen molar-refractivity contribution in [1.29, 1.82) is 0 Å². The molecule has 0 spiro atoms. The molecular weight excluding hydrogens is 380 g/mol. The smallest absolute Gasteiger partial charge is 0.387 e. The van der Waals surface area contributed by atoms with Crippen LogP contribution >= 0.6 is 0 Å². The first-order valence-electron chi connectivity index (χ1n) is 9.33. The summed E-state index contributed by atoms with van der Waals surface area (Å²) >= 11 is 0. The zero-order valence-corrected chi connectivity index (χ0v) is 16.1. The number of carbonyl (C=O) groups is 2. The Kier molecular flexibility index (Phi) is 6.77. The summed E-state index contributed by atoms with van der Waals surface area (Å²) in [6.45, 7) is -1.47. The number of nitrogens with one attached hydrogen (secondary N) is 1. The summed E-state index contributed by atoms with van der Waals surface area (Å²) in [6, 6.07) is 13.5. The lowest BCUT2D eigenvalue weighted by atomic mass is 10.2. The molecule has 2 aromatic rings. The number of ether oxygens (including phenoxy) is 1. The van der Waals surface area contributed by atoms with Crippen molar-refractivity contribution >= 4 is 23.2 Å². The van der Waals surface area contributed by atoms with Gasteiger partial charge in [-0.05, 0) is 55.4 Å². The number of hydrogen-bond donors (Lipinski definition) is 1. The molecule has 0 aliphatic carbocycles. The van der Waals surface area contributed by atoms with E-state index >= 15 is 0 Å². The molecule has 1 aliphatic heterocycles. The van der Waals surface area contributed by atoms with Crippen LogP contribution in [0.5, 0.6) is 5.75 Å². The maximum Gasteiger partial charge on any atom is 0.387 e. The van der Waals surface area contributed by atoms with Crippen molar-refractivity contribution < 1.29 is 23.1 Å². The molecule has 0 saturated carbocycles. The second-order valence-electron chi connectivity index (χ2n) is 6.94. The van der Waals surface area contributed by atoms with E-state index in [1.54, 1.807) is 36.2 Å². The number of benzene rings is 2. The quantitative estimate of drug-likeness (QED) is 0.733. The predicted molar refractivity (Wildman–Crippen MR) is 106 cm³/mol. The zero-order chi connectivity index (χ0) is 20.8. The highest BCUT2D eigenvalue weighted by molar-refractivity contribution is 5.96. The summed E-state index contributed by atoms with van der Waals surface area (Å²) in [5.74, 6) is 0.0515. The van der Waals surface area contributed by atoms with E-state index < -0.39 is 6.61 Å². The number of amides is 2. The molecule has 1 N–H and O–H groups in total. The first-order chi connectivity index (χ1) is 13.9. The van der Waals surface area contributed by atoms with Crippen LogP contribution < -0.4 is 15.0 Å². The van der Waals surface area contributed by atoms with E-state index in [2.05, 4.69) is 10.1 Å². The number of hydrogen-bond acceptors (Lipinski definition) is 4. The molecule has 1 heterocycles. The fraction of sp³-hybridized carbons (Fsp3) is 0.333. The van der Waals surface area contributed by atoms with E-state index in [0.717, 1.165) is 24.2 Å². The van der Waals surface area contributed by atoms with Gasteiger partial charge in [-0.25, -0.2) is 0 Å². The van der Waals surface area contributed by atoms with Crippen molar-refractivity contribution in [1.82, 2.24) is 4.90 Å². The number of halogens is 2. The molecular formula is C21H23F2N3O3. The van der Waals surface area contributed by atoms with E-state index in [9.17, 15) is 18.4 Å². The number of carbonyl (C=O) groups excluding carboxylic acids is 2. The molecule has 1 aliphatic rings. The Morgan fingerprint density at radius 1 is 1.17 bits per heavy atom. The molecule has 0 atom stereocenters. The van der Waals surface area contributed by atoms with Crippen LogP contribution in [0.4, 0.5) is 20.2 Å². The number of alkyl halides is 2. The fourth-order valence-electron chi connectivity index (χ4n) is 3.24. The number of rotatable bonds is 8. The summed E-state index contributed by atoms with van der Waals surface area (Å²) in [5, 5.41) is 2.83. The topological polar surface area (TPSA) is 61.9 Å². The third-order valence-corrected chi connectivity index (χ3v) is 4.55. The van der Waals surface area contributed by atoms with Crippen LogP contribution in [-0.2, 0) is 16.1 Å². The minimum Gasteiger partial charge on any atom is -0.435 e. The average Bonchev–Trinajstić information content (AvgIpc) is 3.09. The van der Waals surface area contributed by atoms with Gasteiger partial charge in [-0.3, -0.25) is 14.5 Å². The van der Waals surface area contributed by atoms with Crippen molar-refractivity contribution in [2.24, 2.45) is 0 Å². The van der Waals surface area contributed by atoms with Crippen molar-refractivity contribution in [3.63, 3.8) is 0 Å². The fourth-order valence-corrected chi connectivity index (χ4v) is 3.24. The summed E-state index contributed by atoms with van der Waals surface area (Å²) in [6.07, 6.45) is 1.44. The van der Waals surface area contributed by atoms with Crippen LogP contribution in [0.1, 0.15) is 18.4 Å². The molecule has 0 unspecified atom stereocenters. The van der Waals surface area contributed by atoms with E-state index in [0.29, 0.717) is 18.7 Å². The highest BCUT2D eigenvalue weighted by Gasteiger charge is 2.21. The lowest BCUT2D eigenvalue weighted by Gasteiger charge is -2.18. The third-order valence-electron chi connectivity index (χ3n) is 4.55. The molecule has 6 nitrogen and oxygen atoms in total. The Bertz CT molecular complexity index is 841. The van der Waals surface area contributed by atoms with Gasteiger partial charge in [-0.2, -0.15) is 8.78 Å². The second-order valence-corrected chi connectivity index (χ2v) is 6.94. The molecule has 0 bridgehead atoms. The van der Waals surface area contributed by atoms with Gasteiger partial charge in [0.2, 0.25) is 11.8 Å². The van der Waals surface area contributed by atoms with Gasteiger partial charge in [0.15, 0.2) is 0 Å². The standard InChI is InChI=1S/C21H23F2N3O3/c1-25(13-15-4-10-18(11-5-15)29-21(22)23)14-19(27)24-16-6-8-17(9-7-16)26-12-2-3-20(26)28/h4-11,21H,2-3,12-14H2,1H3,(H,24,27). The maximum atomic E-state index is 12.3. The van der Waals surface area contributed by atoms with E-state index in [-0.39, 0.29) is 24.1 Å². The van der Waals surface area contributed by atoms with Gasteiger partial charge >= 0.3 is 6.61 Å². The van der Waals surface area contributed by atoms with Crippen LogP contribution in [0.25, 0.3) is 0 Å². The van der Waals surface area contributed by atoms with E-state index in [4.69, 9.17) is 0 Å². The monoisotopic (exact) mass is 403 g/mol. The second kappa shape index (κ2) is 9.47. The molecule has 0 aromatic heterocycles. The van der Waals surface area contributed by atoms with Crippen molar-refractivity contribution in [3.05, 3.63) is 54.1 Å². The maximum absolute atomic E-state index is 12.3. The molecule has 154 valence electrons. The average molecular weight is 403 g/mol. The normalized spacial score (nSPS) is 14.0. The molecule has 29 heavy (non-hydrogen) atoms. The minimum absolute atomic E-state index is 0.100. The summed E-state index contributed by atoms with van der Waals surface area (Å²) < 4.78 is 28.7. The highest BCUT2D eigenvalue weighted by Crippen LogP contribution is 2.23. The SMILES string of the molecule is CN(CC(=O)Nc1ccc(N2CCCC2=O)cc1)Cc1ccc(OC(F)F)cc1. The van der Waals surface area contributed by atoms with Gasteiger partial charge in [-0.15, -0.1) is 0 Å². The predicted octanol–water partition coefficient (Wildman–Crippen LogP) is 3.49. The Morgan fingerprint density at radius 2 is 1.86 bits per heavy atom. The molecule has 0 radical (unpaired) electrons. The lowest BCUT2D eigenvalue weighted by molar-refractivity contribution is -0.117. The molecule has 1 saturated heterocycles. The van der Waals surface area contributed by atoms with Crippen LogP contribution in [0.2, 0.25) is 0 Å². The Balaban J connectivity index is 1.47. The van der Waals surface area contributed by atoms with Crippen LogP contribution in [0.3, 0.4) is 0 Å². The highest BCUT2D eigenvalue weighted by atomic mass is 19.3. The van der Waals surface area contributed by atoms with Crippen LogP contribution in [0, 0.1) is 0 Å². The van der Waals surface area contributed by atoms with Crippen molar-refractivity contribution in [3.8, 4) is 5.75 Å². The minimum atomic E-state index is -2.85. The van der Waals surface area contributed by atoms with Crippen LogP contribution in [-0.4, -0.2) is 43.5 Å². The summed E-state index contributed by atoms with van der Waals surface area (Å²) in [4.78, 5) is 27.6. The summed E-state index contributed by atoms with van der Waals surface area (Å²) in [5.41, 5.74) is 2.37. The van der Waals surface area contributed by atoms with Gasteiger partial charge in [0.1, 0.15) is 5.75 Å². The third kappa shape index (κ3) is 5.99. The number of anilines is 2. The zero-order valence-electron chi connectivity index (χ0n) is 16.1. The van der Waals surface area contributed by atoms with Gasteiger partial charge < -0.3 is 15.0 Å². The molecule has 2 aromatic carbocycles. The van der Waals surface area contributed by atoms with Gasteiger partial charge in [0, 0.05) is 30.9 Å². The van der Waals surface area contributed by atoms with Crippen molar-refractivity contribution in [2.45, 2.75) is 26.0 Å². The van der Waals surface area contributed by atoms with Crippen molar-refractivity contribution in [2.75, 3.05) is 30.4 Å². The van der Waals surface area contributed by atoms with E-state index in [1.807, 2.05) is 17.0 Å². The largest absolute Gasteiger partial charge is 0.435 e. The first-order valence-corrected chi connectivity index (χ1v) is 9.33. The van der Waals surface area contributed by atoms with E-state index in [1.165, 1.54) is 12.1 Å². The Labute approximate surface area is 168 Å². The molecule has 2 amide bonds. The number of likely N-dealkylation sites (N-methyl/N-ethyl adjacent to an activating group) is 1. The van der Waals surface area contributed by atoms with Crippen LogP contribution in [0.15, 0.2) is 48.5 Å². The van der Waals surface area contributed by atoms with Gasteiger partial charge in [0.25, 0.3) is 0 Å². The lowest BCUT2D eigenvalue weighted by Crippen LogP contribution is -2.29. The molecule has 1 fully saturated rings.